The number of carbonyl (C=O) groups is 1. The summed E-state index contributed by atoms with van der Waals surface area (Å²) in [5, 5.41) is 19.7. The van der Waals surface area contributed by atoms with Gasteiger partial charge in [-0.05, 0) is 12.3 Å². The van der Waals surface area contributed by atoms with Gasteiger partial charge >= 0.3 is 5.97 Å². The van der Waals surface area contributed by atoms with Gasteiger partial charge in [-0.25, -0.2) is 0 Å². The summed E-state index contributed by atoms with van der Waals surface area (Å²) in [6.07, 6.45) is 0.903. The summed E-state index contributed by atoms with van der Waals surface area (Å²) in [6.45, 7) is 1.29. The summed E-state index contributed by atoms with van der Waals surface area (Å²) in [6, 6.07) is 4.59. The number of rotatable bonds is 5. The first-order valence-electron chi connectivity index (χ1n) is 6.30. The van der Waals surface area contributed by atoms with E-state index in [0.29, 0.717) is 24.5 Å². The summed E-state index contributed by atoms with van der Waals surface area (Å²) in [5.41, 5.74) is 0.671. The lowest BCUT2D eigenvalue weighted by Gasteiger charge is -2.19. The van der Waals surface area contributed by atoms with Gasteiger partial charge in [0.2, 0.25) is 0 Å². The van der Waals surface area contributed by atoms with Gasteiger partial charge in [-0.15, -0.1) is 0 Å². The Labute approximate surface area is 115 Å². The molecule has 0 spiro atoms. The maximum absolute atomic E-state index is 10.9. The van der Waals surface area contributed by atoms with Gasteiger partial charge in [-0.2, -0.15) is 0 Å². The molecule has 1 N–H and O–H groups in total. The molecule has 0 aromatic heterocycles. The number of nitrogens with zero attached hydrogens (tertiary/aromatic N) is 2. The molecule has 20 heavy (non-hydrogen) atoms. The number of nitro benzene ring substituents is 1. The molecule has 7 nitrogen and oxygen atoms in total. The third-order valence-corrected chi connectivity index (χ3v) is 3.44. The first-order valence-corrected chi connectivity index (χ1v) is 6.30. The molecule has 7 heteroatoms. The summed E-state index contributed by atoms with van der Waals surface area (Å²) in [4.78, 5) is 23.1. The second-order valence-corrected chi connectivity index (χ2v) is 4.84. The molecule has 0 radical (unpaired) electrons. The molecule has 0 aliphatic carbocycles. The van der Waals surface area contributed by atoms with E-state index in [1.54, 1.807) is 6.07 Å². The van der Waals surface area contributed by atoms with E-state index in [4.69, 9.17) is 9.84 Å². The van der Waals surface area contributed by atoms with Crippen molar-refractivity contribution in [3.8, 4) is 5.75 Å². The van der Waals surface area contributed by atoms with Gasteiger partial charge in [0.1, 0.15) is 5.75 Å². The Morgan fingerprint density at radius 3 is 2.90 bits per heavy atom. The number of hydrogen-bond donors (Lipinski definition) is 1. The third kappa shape index (κ3) is 3.17. The molecule has 0 saturated carbocycles. The van der Waals surface area contributed by atoms with Gasteiger partial charge in [0.25, 0.3) is 5.69 Å². The zero-order chi connectivity index (χ0) is 14.7. The number of carboxylic acids is 1. The van der Waals surface area contributed by atoms with Gasteiger partial charge in [0.05, 0.1) is 18.1 Å². The van der Waals surface area contributed by atoms with Gasteiger partial charge in [-0.1, -0.05) is 0 Å². The van der Waals surface area contributed by atoms with Crippen LogP contribution in [0.5, 0.6) is 5.75 Å². The Balaban J connectivity index is 2.18. The number of methoxy groups -OCH3 is 1. The molecule has 1 atom stereocenters. The summed E-state index contributed by atoms with van der Waals surface area (Å²) in [5.74, 6) is -0.304. The molecule has 0 amide bonds. The highest BCUT2D eigenvalue weighted by molar-refractivity contribution is 5.67. The molecule has 1 heterocycles. The minimum atomic E-state index is -0.812. The van der Waals surface area contributed by atoms with E-state index >= 15 is 0 Å². The second kappa shape index (κ2) is 5.77. The van der Waals surface area contributed by atoms with E-state index in [1.165, 1.54) is 19.2 Å². The largest absolute Gasteiger partial charge is 0.496 e. The van der Waals surface area contributed by atoms with E-state index in [2.05, 4.69) is 0 Å². The monoisotopic (exact) mass is 280 g/mol. The van der Waals surface area contributed by atoms with Crippen molar-refractivity contribution >= 4 is 17.3 Å². The molecule has 1 unspecified atom stereocenters. The summed E-state index contributed by atoms with van der Waals surface area (Å²) < 4.78 is 5.07. The highest BCUT2D eigenvalue weighted by Gasteiger charge is 2.26. The average molecular weight is 280 g/mol. The van der Waals surface area contributed by atoms with E-state index in [-0.39, 0.29) is 18.0 Å². The van der Waals surface area contributed by atoms with Crippen molar-refractivity contribution in [2.45, 2.75) is 12.8 Å². The van der Waals surface area contributed by atoms with Gasteiger partial charge in [-0.3, -0.25) is 14.9 Å². The van der Waals surface area contributed by atoms with Crippen molar-refractivity contribution in [2.75, 3.05) is 25.1 Å². The highest BCUT2D eigenvalue weighted by Crippen LogP contribution is 2.32. The van der Waals surface area contributed by atoms with Crippen LogP contribution in [0.4, 0.5) is 11.4 Å². The van der Waals surface area contributed by atoms with Crippen LogP contribution in [0.1, 0.15) is 12.8 Å². The third-order valence-electron chi connectivity index (χ3n) is 3.44. The number of nitro groups is 1. The molecule has 1 aromatic carbocycles. The van der Waals surface area contributed by atoms with E-state index < -0.39 is 10.9 Å². The molecule has 2 rings (SSSR count). The van der Waals surface area contributed by atoms with Crippen molar-refractivity contribution in [1.29, 1.82) is 0 Å². The molecule has 1 aliphatic heterocycles. The molecular formula is C13H16N2O5. The Hall–Kier alpha value is -2.31. The maximum Gasteiger partial charge on any atom is 0.303 e. The lowest BCUT2D eigenvalue weighted by atomic mass is 10.1. The number of non-ortho nitro benzene ring substituents is 1. The lowest BCUT2D eigenvalue weighted by molar-refractivity contribution is -0.384. The van der Waals surface area contributed by atoms with E-state index in [9.17, 15) is 14.9 Å². The SMILES string of the molecule is COc1cc(N2CCC(CC(=O)O)C2)cc([N+](=O)[O-])c1. The molecule has 1 aliphatic rings. The van der Waals surface area contributed by atoms with Crippen LogP contribution in [-0.4, -0.2) is 36.2 Å². The smallest absolute Gasteiger partial charge is 0.303 e. The summed E-state index contributed by atoms with van der Waals surface area (Å²) >= 11 is 0. The van der Waals surface area contributed by atoms with Crippen LogP contribution < -0.4 is 9.64 Å². The van der Waals surface area contributed by atoms with Crippen LogP contribution in [0.25, 0.3) is 0 Å². The fourth-order valence-electron chi connectivity index (χ4n) is 2.45. The predicted molar refractivity (Wildman–Crippen MR) is 72.2 cm³/mol. The number of benzene rings is 1. The topological polar surface area (TPSA) is 92.9 Å². The predicted octanol–water partition coefficient (Wildman–Crippen LogP) is 1.90. The molecular weight excluding hydrogens is 264 g/mol. The normalized spacial score (nSPS) is 18.1. The minimum Gasteiger partial charge on any atom is -0.496 e. The number of anilines is 1. The van der Waals surface area contributed by atoms with Gasteiger partial charge in [0.15, 0.2) is 0 Å². The standard InChI is InChI=1S/C13H16N2O5/c1-20-12-6-10(5-11(7-12)15(18)19)14-3-2-9(8-14)4-13(16)17/h5-7,9H,2-4,8H2,1H3,(H,16,17). The van der Waals surface area contributed by atoms with Crippen LogP contribution in [0.15, 0.2) is 18.2 Å². The van der Waals surface area contributed by atoms with Crippen molar-refractivity contribution in [3.63, 3.8) is 0 Å². The number of hydrogen-bond acceptors (Lipinski definition) is 5. The van der Waals surface area contributed by atoms with Crippen LogP contribution >= 0.6 is 0 Å². The van der Waals surface area contributed by atoms with Crippen molar-refractivity contribution in [1.82, 2.24) is 0 Å². The van der Waals surface area contributed by atoms with Crippen LogP contribution in [0, 0.1) is 16.0 Å². The highest BCUT2D eigenvalue weighted by atomic mass is 16.6. The van der Waals surface area contributed by atoms with Gasteiger partial charge in [0, 0.05) is 37.3 Å². The fraction of sp³-hybridized carbons (Fsp3) is 0.462. The fourth-order valence-corrected chi connectivity index (χ4v) is 2.45. The van der Waals surface area contributed by atoms with Crippen molar-refractivity contribution < 1.29 is 19.6 Å². The zero-order valence-electron chi connectivity index (χ0n) is 11.1. The Morgan fingerprint density at radius 1 is 1.55 bits per heavy atom. The second-order valence-electron chi connectivity index (χ2n) is 4.84. The Bertz CT molecular complexity index is 531. The number of carboxylic acid groups (broad SMARTS) is 1. The van der Waals surface area contributed by atoms with E-state index in [0.717, 1.165) is 6.42 Å². The Morgan fingerprint density at radius 2 is 2.30 bits per heavy atom. The molecule has 1 fully saturated rings. The van der Waals surface area contributed by atoms with Crippen LogP contribution in [-0.2, 0) is 4.79 Å². The molecule has 0 bridgehead atoms. The molecule has 1 aromatic rings. The van der Waals surface area contributed by atoms with Crippen molar-refractivity contribution in [3.05, 3.63) is 28.3 Å². The Kier molecular flexibility index (Phi) is 4.07. The van der Waals surface area contributed by atoms with Crippen LogP contribution in [0.3, 0.4) is 0 Å². The number of ether oxygens (including phenoxy) is 1. The minimum absolute atomic E-state index is 0.0268. The summed E-state index contributed by atoms with van der Waals surface area (Å²) in [7, 11) is 1.46. The molecule has 1 saturated heterocycles. The van der Waals surface area contributed by atoms with Crippen molar-refractivity contribution in [2.24, 2.45) is 5.92 Å². The molecule has 108 valence electrons. The zero-order valence-corrected chi connectivity index (χ0v) is 11.1. The first-order chi connectivity index (χ1) is 9.49. The maximum atomic E-state index is 10.9. The average Bonchev–Trinajstić information content (AvgIpc) is 2.85. The number of aliphatic carboxylic acids is 1. The van der Waals surface area contributed by atoms with Gasteiger partial charge < -0.3 is 14.7 Å². The van der Waals surface area contributed by atoms with Crippen LogP contribution in [0.2, 0.25) is 0 Å². The first kappa shape index (κ1) is 14.1. The lowest BCUT2D eigenvalue weighted by Crippen LogP contribution is -2.20. The quantitative estimate of drug-likeness (QED) is 0.654. The van der Waals surface area contributed by atoms with E-state index in [1.807, 2.05) is 4.90 Å².